The molecule has 0 aromatic carbocycles. The van der Waals surface area contributed by atoms with Crippen molar-refractivity contribution in [2.24, 2.45) is 0 Å². The summed E-state index contributed by atoms with van der Waals surface area (Å²) >= 11 is 0. The highest BCUT2D eigenvalue weighted by Crippen LogP contribution is 2.13. The van der Waals surface area contributed by atoms with Crippen LogP contribution in [0.5, 0.6) is 0 Å². The molecule has 0 aliphatic carbocycles. The first-order valence-corrected chi connectivity index (χ1v) is 6.74. The Hall–Kier alpha value is -0.213. The van der Waals surface area contributed by atoms with Crippen LogP contribution >= 0.6 is 0 Å². The molecule has 0 aliphatic heterocycles. The van der Waals surface area contributed by atoms with Crippen LogP contribution in [0, 0.1) is 0 Å². The third-order valence-corrected chi connectivity index (χ3v) is 4.91. The van der Waals surface area contributed by atoms with E-state index in [0.29, 0.717) is 12.5 Å². The summed E-state index contributed by atoms with van der Waals surface area (Å²) in [7, 11) is -0.234. The largest absolute Gasteiger partial charge is 0.500 e. The van der Waals surface area contributed by atoms with E-state index in [1.807, 2.05) is 0 Å². The predicted molar refractivity (Wildman–Crippen MR) is 51.2 cm³/mol. The fourth-order valence-electron chi connectivity index (χ4n) is 0.888. The van der Waals surface area contributed by atoms with Gasteiger partial charge in [0.2, 0.25) is 10.3 Å². The van der Waals surface area contributed by atoms with E-state index in [1.54, 1.807) is 0 Å². The van der Waals surface area contributed by atoms with Gasteiger partial charge in [0.25, 0.3) is 0 Å². The van der Waals surface area contributed by atoms with Crippen LogP contribution < -0.4 is 0 Å². The Balaban J connectivity index is 4.18. The molecular weight excluding hydrogens is 212 g/mol. The van der Waals surface area contributed by atoms with Crippen molar-refractivity contribution in [3.8, 4) is 0 Å². The second kappa shape index (κ2) is 6.27. The second-order valence-electron chi connectivity index (χ2n) is 2.26. The van der Waals surface area contributed by atoms with Crippen molar-refractivity contribution in [1.82, 2.24) is 0 Å². The molecule has 0 aromatic rings. The first-order chi connectivity index (χ1) is 6.10. The molecule has 0 saturated carbocycles. The Morgan fingerprint density at radius 3 is 1.92 bits per heavy atom. The minimum absolute atomic E-state index is 0.373. The summed E-state index contributed by atoms with van der Waals surface area (Å²) in [5, 5.41) is 1.17. The first kappa shape index (κ1) is 12.8. The average molecular weight is 226 g/mol. The van der Waals surface area contributed by atoms with E-state index >= 15 is 0 Å². The van der Waals surface area contributed by atoms with Crippen molar-refractivity contribution in [2.45, 2.75) is 12.5 Å². The van der Waals surface area contributed by atoms with Crippen LogP contribution in [0.25, 0.3) is 0 Å². The van der Waals surface area contributed by atoms with Gasteiger partial charge >= 0.3 is 8.80 Å². The quantitative estimate of drug-likeness (QED) is 0.469. The molecule has 5 nitrogen and oxygen atoms in total. The van der Waals surface area contributed by atoms with E-state index in [1.165, 1.54) is 26.7 Å². The third-order valence-electron chi connectivity index (χ3n) is 1.64. The summed E-state index contributed by atoms with van der Waals surface area (Å²) in [6, 6.07) is 0.463. The Kier molecular flexibility index (Phi) is 6.17. The molecule has 0 radical (unpaired) electrons. The van der Waals surface area contributed by atoms with Gasteiger partial charge in [-0.25, -0.2) is 0 Å². The van der Waals surface area contributed by atoms with Crippen molar-refractivity contribution in [2.75, 3.05) is 21.3 Å². The maximum atomic E-state index is 10.2. The predicted octanol–water partition coefficient (Wildman–Crippen LogP) is -0.0641. The van der Waals surface area contributed by atoms with Crippen molar-refractivity contribution >= 4 is 24.5 Å². The number of hydrogen-bond acceptors (Lipinski definition) is 5. The molecule has 0 spiro atoms. The van der Waals surface area contributed by atoms with Gasteiger partial charge in [0.15, 0.2) is 0 Å². The zero-order chi connectivity index (χ0) is 10.3. The maximum absolute atomic E-state index is 10.2. The van der Waals surface area contributed by atoms with E-state index in [0.717, 1.165) is 0 Å². The highest BCUT2D eigenvalue weighted by Gasteiger charge is 2.36. The van der Waals surface area contributed by atoms with Crippen LogP contribution in [0.15, 0.2) is 0 Å². The molecule has 0 amide bonds. The van der Waals surface area contributed by atoms with E-state index in [9.17, 15) is 8.42 Å². The van der Waals surface area contributed by atoms with E-state index in [-0.39, 0.29) is 0 Å². The van der Waals surface area contributed by atoms with Crippen molar-refractivity contribution < 1.29 is 21.7 Å². The smallest absolute Gasteiger partial charge is 0.377 e. The standard InChI is InChI=1S/C6H14O5SSi/c1-9-13(10-2,11-3)6-4-5-12(7)8/h5H,4,6H2,1-3H3. The summed E-state index contributed by atoms with van der Waals surface area (Å²) in [6.07, 6.45) is 0.373. The zero-order valence-electron chi connectivity index (χ0n) is 7.94. The Morgan fingerprint density at radius 1 is 1.15 bits per heavy atom. The zero-order valence-corrected chi connectivity index (χ0v) is 9.76. The van der Waals surface area contributed by atoms with Gasteiger partial charge in [-0.3, -0.25) is 0 Å². The molecule has 78 valence electrons. The molecule has 0 bridgehead atoms. The highest BCUT2D eigenvalue weighted by molar-refractivity contribution is 7.71. The van der Waals surface area contributed by atoms with E-state index in [4.69, 9.17) is 13.3 Å². The van der Waals surface area contributed by atoms with Gasteiger partial charge in [-0.1, -0.05) is 0 Å². The second-order valence-corrected chi connectivity index (χ2v) is 6.21. The van der Waals surface area contributed by atoms with Crippen molar-refractivity contribution in [3.63, 3.8) is 0 Å². The van der Waals surface area contributed by atoms with Gasteiger partial charge in [-0.15, -0.1) is 0 Å². The van der Waals surface area contributed by atoms with Gasteiger partial charge in [0, 0.05) is 32.7 Å². The highest BCUT2D eigenvalue weighted by atomic mass is 32.2. The lowest BCUT2D eigenvalue weighted by atomic mass is 10.6. The van der Waals surface area contributed by atoms with Crippen LogP contribution in [0.1, 0.15) is 6.42 Å². The Bertz CT molecular complexity index is 240. The monoisotopic (exact) mass is 226 g/mol. The van der Waals surface area contributed by atoms with Gasteiger partial charge in [0.1, 0.15) is 0 Å². The van der Waals surface area contributed by atoms with Gasteiger partial charge < -0.3 is 13.3 Å². The van der Waals surface area contributed by atoms with Crippen LogP contribution in [0.4, 0.5) is 0 Å². The molecule has 0 atom stereocenters. The topological polar surface area (TPSA) is 61.8 Å². The third kappa shape index (κ3) is 4.53. The summed E-state index contributed by atoms with van der Waals surface area (Å²) in [5.74, 6) is 0. The van der Waals surface area contributed by atoms with E-state index < -0.39 is 19.1 Å². The molecular formula is C6H14O5SSi. The summed E-state index contributed by atoms with van der Waals surface area (Å²) in [4.78, 5) is 0. The summed E-state index contributed by atoms with van der Waals surface area (Å²) < 4.78 is 35.6. The van der Waals surface area contributed by atoms with Crippen LogP contribution in [-0.4, -0.2) is 43.9 Å². The van der Waals surface area contributed by atoms with Crippen molar-refractivity contribution in [1.29, 1.82) is 0 Å². The van der Waals surface area contributed by atoms with Crippen LogP contribution in [0.2, 0.25) is 6.04 Å². The Labute approximate surface area is 80.5 Å². The SMILES string of the molecule is CO[Si](CCC=S(=O)=O)(OC)OC. The lowest BCUT2D eigenvalue weighted by Crippen LogP contribution is -2.42. The van der Waals surface area contributed by atoms with Gasteiger partial charge in [-0.05, 0) is 6.42 Å². The molecule has 0 heterocycles. The van der Waals surface area contributed by atoms with Crippen molar-refractivity contribution in [3.05, 3.63) is 0 Å². The molecule has 13 heavy (non-hydrogen) atoms. The summed E-state index contributed by atoms with van der Waals surface area (Å²) in [6.45, 7) is 0. The lowest BCUT2D eigenvalue weighted by Gasteiger charge is -2.23. The Morgan fingerprint density at radius 2 is 1.62 bits per heavy atom. The van der Waals surface area contributed by atoms with E-state index in [2.05, 4.69) is 0 Å². The first-order valence-electron chi connectivity index (χ1n) is 3.67. The normalized spacial score (nSPS) is 11.3. The lowest BCUT2D eigenvalue weighted by molar-refractivity contribution is 0.124. The summed E-state index contributed by atoms with van der Waals surface area (Å²) in [5.41, 5.74) is 0. The van der Waals surface area contributed by atoms with Crippen LogP contribution in [0.3, 0.4) is 0 Å². The molecule has 0 saturated heterocycles. The fourth-order valence-corrected chi connectivity index (χ4v) is 3.02. The molecule has 0 unspecified atom stereocenters. The molecule has 0 aliphatic rings. The fraction of sp³-hybridized carbons (Fsp3) is 0.833. The molecule has 0 aromatic heterocycles. The van der Waals surface area contributed by atoms with Crippen LogP contribution in [-0.2, 0) is 23.6 Å². The average Bonchev–Trinajstić information content (AvgIpc) is 2.13. The minimum Gasteiger partial charge on any atom is -0.377 e. The number of rotatable bonds is 6. The molecule has 0 N–H and O–H groups in total. The van der Waals surface area contributed by atoms with Gasteiger partial charge in [-0.2, -0.15) is 8.42 Å². The maximum Gasteiger partial charge on any atom is 0.500 e. The molecule has 7 heteroatoms. The minimum atomic E-state index is -2.59. The number of hydrogen-bond donors (Lipinski definition) is 0. The molecule has 0 fully saturated rings. The molecule has 0 rings (SSSR count). The van der Waals surface area contributed by atoms with Gasteiger partial charge in [0.05, 0.1) is 0 Å².